The first-order valence-electron chi connectivity index (χ1n) is 4.78. The van der Waals surface area contributed by atoms with Crippen LogP contribution in [-0.4, -0.2) is 38.9 Å². The molecule has 0 N–H and O–H groups in total. The molecule has 5 heteroatoms. The summed E-state index contributed by atoms with van der Waals surface area (Å²) in [6.07, 6.45) is 4.26. The fourth-order valence-electron chi connectivity index (χ4n) is 1.56. The summed E-state index contributed by atoms with van der Waals surface area (Å²) in [7, 11) is -3.16. The second kappa shape index (κ2) is 4.89. The second-order valence-electron chi connectivity index (χ2n) is 3.78. The van der Waals surface area contributed by atoms with Gasteiger partial charge in [0.15, 0.2) is 9.84 Å². The summed E-state index contributed by atoms with van der Waals surface area (Å²) >= 11 is 0. The number of rotatable bonds is 5. The second-order valence-corrected chi connectivity index (χ2v) is 5.92. The van der Waals surface area contributed by atoms with E-state index in [1.807, 2.05) is 0 Å². The van der Waals surface area contributed by atoms with Crippen LogP contribution in [0.5, 0.6) is 0 Å². The minimum Gasteiger partial charge on any atom is -0.378 e. The Morgan fingerprint density at radius 1 is 1.50 bits per heavy atom. The van der Waals surface area contributed by atoms with Crippen LogP contribution >= 0.6 is 0 Å². The Morgan fingerprint density at radius 3 is 2.71 bits per heavy atom. The van der Waals surface area contributed by atoms with Crippen LogP contribution in [0, 0.1) is 0 Å². The summed E-state index contributed by atoms with van der Waals surface area (Å²) in [6.45, 7) is 0.769. The van der Waals surface area contributed by atoms with Gasteiger partial charge in [0, 0.05) is 19.3 Å². The summed E-state index contributed by atoms with van der Waals surface area (Å²) in [4.78, 5) is 11.2. The molecule has 1 unspecified atom stereocenters. The van der Waals surface area contributed by atoms with Crippen molar-refractivity contribution in [2.24, 2.45) is 0 Å². The Hall–Kier alpha value is -0.420. The van der Waals surface area contributed by atoms with Crippen LogP contribution in [0.15, 0.2) is 0 Å². The molecule has 0 bridgehead atoms. The Bertz CT molecular complexity index is 288. The van der Waals surface area contributed by atoms with Crippen LogP contribution < -0.4 is 0 Å². The molecule has 0 spiro atoms. The van der Waals surface area contributed by atoms with Crippen molar-refractivity contribution in [1.82, 2.24) is 0 Å². The molecule has 0 aliphatic carbocycles. The van der Waals surface area contributed by atoms with Gasteiger partial charge in [0.05, 0.1) is 6.10 Å². The fraction of sp³-hybridized carbons (Fsp3) is 0.889. The zero-order valence-electron chi connectivity index (χ0n) is 8.36. The SMILES string of the molecule is CS(=O)(=O)CC(=O)CCC1CCCO1. The molecule has 0 aromatic rings. The molecule has 1 atom stereocenters. The van der Waals surface area contributed by atoms with Gasteiger partial charge >= 0.3 is 0 Å². The molecule has 0 radical (unpaired) electrons. The van der Waals surface area contributed by atoms with Crippen molar-refractivity contribution >= 4 is 15.6 Å². The Balaban J connectivity index is 2.21. The fourth-order valence-corrected chi connectivity index (χ4v) is 2.29. The van der Waals surface area contributed by atoms with Gasteiger partial charge in [-0.05, 0) is 19.3 Å². The van der Waals surface area contributed by atoms with E-state index in [-0.39, 0.29) is 17.6 Å². The van der Waals surface area contributed by atoms with Crippen LogP contribution in [0.25, 0.3) is 0 Å². The Labute approximate surface area is 84.6 Å². The average molecular weight is 220 g/mol. The maximum atomic E-state index is 11.2. The van der Waals surface area contributed by atoms with Gasteiger partial charge in [-0.1, -0.05) is 0 Å². The van der Waals surface area contributed by atoms with E-state index >= 15 is 0 Å². The van der Waals surface area contributed by atoms with Crippen LogP contribution in [0.2, 0.25) is 0 Å². The minimum absolute atomic E-state index is 0.165. The van der Waals surface area contributed by atoms with Crippen molar-refractivity contribution in [1.29, 1.82) is 0 Å². The van der Waals surface area contributed by atoms with Crippen molar-refractivity contribution in [3.05, 3.63) is 0 Å². The molecule has 0 aromatic carbocycles. The van der Waals surface area contributed by atoms with Gasteiger partial charge in [0.1, 0.15) is 11.5 Å². The molecule has 1 aliphatic heterocycles. The predicted octanol–water partition coefficient (Wildman–Crippen LogP) is 0.559. The number of carbonyl (C=O) groups excluding carboxylic acids is 1. The van der Waals surface area contributed by atoms with Gasteiger partial charge < -0.3 is 4.74 Å². The zero-order valence-corrected chi connectivity index (χ0v) is 9.18. The molecule has 0 amide bonds. The van der Waals surface area contributed by atoms with Gasteiger partial charge in [-0.15, -0.1) is 0 Å². The first kappa shape index (κ1) is 11.7. The van der Waals surface area contributed by atoms with Crippen molar-refractivity contribution in [3.63, 3.8) is 0 Å². The monoisotopic (exact) mass is 220 g/mol. The van der Waals surface area contributed by atoms with E-state index in [0.29, 0.717) is 12.8 Å². The van der Waals surface area contributed by atoms with Crippen molar-refractivity contribution in [2.45, 2.75) is 31.8 Å². The third kappa shape index (κ3) is 4.72. The van der Waals surface area contributed by atoms with Crippen LogP contribution in [0.1, 0.15) is 25.7 Å². The highest BCUT2D eigenvalue weighted by Gasteiger charge is 2.18. The highest BCUT2D eigenvalue weighted by Crippen LogP contribution is 2.16. The highest BCUT2D eigenvalue weighted by molar-refractivity contribution is 7.91. The van der Waals surface area contributed by atoms with E-state index in [4.69, 9.17) is 4.74 Å². The van der Waals surface area contributed by atoms with E-state index < -0.39 is 9.84 Å². The number of ketones is 1. The maximum Gasteiger partial charge on any atom is 0.154 e. The summed E-state index contributed by atoms with van der Waals surface area (Å²) in [5, 5.41) is 0. The summed E-state index contributed by atoms with van der Waals surface area (Å²) in [5.74, 6) is -0.539. The molecular weight excluding hydrogens is 204 g/mol. The lowest BCUT2D eigenvalue weighted by molar-refractivity contribution is -0.117. The summed E-state index contributed by atoms with van der Waals surface area (Å²) in [5.41, 5.74) is 0. The third-order valence-corrected chi connectivity index (χ3v) is 3.04. The molecule has 1 heterocycles. The van der Waals surface area contributed by atoms with E-state index in [0.717, 1.165) is 25.7 Å². The molecule has 4 nitrogen and oxygen atoms in total. The van der Waals surface area contributed by atoms with E-state index in [9.17, 15) is 13.2 Å². The van der Waals surface area contributed by atoms with Gasteiger partial charge in [0.2, 0.25) is 0 Å². The largest absolute Gasteiger partial charge is 0.378 e. The number of Topliss-reactive ketones (excluding diaryl/α,β-unsaturated/α-hetero) is 1. The molecule has 1 rings (SSSR count). The number of hydrogen-bond donors (Lipinski definition) is 0. The zero-order chi connectivity index (χ0) is 10.6. The molecule has 82 valence electrons. The van der Waals surface area contributed by atoms with Crippen molar-refractivity contribution in [3.8, 4) is 0 Å². The van der Waals surface area contributed by atoms with Gasteiger partial charge in [-0.3, -0.25) is 4.79 Å². The van der Waals surface area contributed by atoms with Gasteiger partial charge in [0.25, 0.3) is 0 Å². The topological polar surface area (TPSA) is 60.4 Å². The van der Waals surface area contributed by atoms with E-state index in [1.54, 1.807) is 0 Å². The summed E-state index contributed by atoms with van der Waals surface area (Å²) in [6, 6.07) is 0. The number of ether oxygens (including phenoxy) is 1. The standard InChI is InChI=1S/C9H16O4S/c1-14(11,12)7-8(10)4-5-9-3-2-6-13-9/h9H,2-7H2,1H3. The minimum atomic E-state index is -3.16. The first-order valence-corrected chi connectivity index (χ1v) is 6.84. The van der Waals surface area contributed by atoms with Crippen molar-refractivity contribution in [2.75, 3.05) is 18.6 Å². The number of hydrogen-bond acceptors (Lipinski definition) is 4. The number of sulfone groups is 1. The molecule has 1 aliphatic rings. The lowest BCUT2D eigenvalue weighted by atomic mass is 10.1. The molecule has 0 aromatic heterocycles. The Kier molecular flexibility index (Phi) is 4.07. The van der Waals surface area contributed by atoms with Gasteiger partial charge in [-0.25, -0.2) is 8.42 Å². The predicted molar refractivity (Wildman–Crippen MR) is 52.9 cm³/mol. The smallest absolute Gasteiger partial charge is 0.154 e. The summed E-state index contributed by atoms with van der Waals surface area (Å²) < 4.78 is 26.9. The van der Waals surface area contributed by atoms with E-state index in [2.05, 4.69) is 0 Å². The lowest BCUT2D eigenvalue weighted by Crippen LogP contribution is -2.16. The first-order chi connectivity index (χ1) is 6.47. The molecule has 1 fully saturated rings. The quantitative estimate of drug-likeness (QED) is 0.679. The number of carbonyl (C=O) groups is 1. The molecule has 1 saturated heterocycles. The van der Waals surface area contributed by atoms with Gasteiger partial charge in [-0.2, -0.15) is 0 Å². The molecular formula is C9H16O4S. The normalized spacial score (nSPS) is 22.5. The third-order valence-electron chi connectivity index (χ3n) is 2.19. The average Bonchev–Trinajstić information content (AvgIpc) is 2.49. The van der Waals surface area contributed by atoms with Crippen LogP contribution in [-0.2, 0) is 19.4 Å². The lowest BCUT2D eigenvalue weighted by Gasteiger charge is -2.07. The highest BCUT2D eigenvalue weighted by atomic mass is 32.2. The van der Waals surface area contributed by atoms with Crippen LogP contribution in [0.4, 0.5) is 0 Å². The van der Waals surface area contributed by atoms with Crippen LogP contribution in [0.3, 0.4) is 0 Å². The molecule has 0 saturated carbocycles. The van der Waals surface area contributed by atoms with Crippen molar-refractivity contribution < 1.29 is 17.9 Å². The molecule has 14 heavy (non-hydrogen) atoms. The van der Waals surface area contributed by atoms with E-state index in [1.165, 1.54) is 0 Å². The Morgan fingerprint density at radius 2 is 2.21 bits per heavy atom. The maximum absolute atomic E-state index is 11.2.